The molecule has 1 aromatic heterocycles. The molecule has 2 N–H and O–H groups in total. The fourth-order valence-electron chi connectivity index (χ4n) is 4.34. The van der Waals surface area contributed by atoms with Crippen molar-refractivity contribution in [2.24, 2.45) is 0 Å². The molecule has 1 fully saturated rings. The van der Waals surface area contributed by atoms with E-state index in [1.54, 1.807) is 17.0 Å². The molecule has 1 aliphatic rings. The quantitative estimate of drug-likeness (QED) is 0.460. The van der Waals surface area contributed by atoms with Crippen molar-refractivity contribution < 1.29 is 18.7 Å². The van der Waals surface area contributed by atoms with Gasteiger partial charge in [0.1, 0.15) is 17.3 Å². The number of halogens is 2. The van der Waals surface area contributed by atoms with Gasteiger partial charge in [-0.15, -0.1) is 10.2 Å². The molecule has 5 rings (SSSR count). The van der Waals surface area contributed by atoms with Crippen LogP contribution in [0.5, 0.6) is 0 Å². The number of carbonyl (C=O) groups is 1. The van der Waals surface area contributed by atoms with E-state index in [0.29, 0.717) is 36.8 Å². The Bertz CT molecular complexity index is 1350. The Kier molecular flexibility index (Phi) is 6.24. The number of rotatable bonds is 4. The van der Waals surface area contributed by atoms with Gasteiger partial charge in [0.25, 0.3) is 0 Å². The van der Waals surface area contributed by atoms with Gasteiger partial charge in [-0.25, -0.2) is 13.6 Å². The van der Waals surface area contributed by atoms with Crippen molar-refractivity contribution in [2.45, 2.75) is 6.04 Å². The lowest BCUT2D eigenvalue weighted by atomic mass is 10.0. The molecule has 2 heterocycles. The van der Waals surface area contributed by atoms with Crippen LogP contribution in [0.3, 0.4) is 0 Å². The summed E-state index contributed by atoms with van der Waals surface area (Å²) in [7, 11) is 0. The molecule has 0 saturated carbocycles. The third kappa shape index (κ3) is 4.63. The highest BCUT2D eigenvalue weighted by Crippen LogP contribution is 2.32. The summed E-state index contributed by atoms with van der Waals surface area (Å²) in [5.41, 5.74) is 1.89. The van der Waals surface area contributed by atoms with Crippen molar-refractivity contribution in [1.29, 1.82) is 0 Å². The lowest BCUT2D eigenvalue weighted by molar-refractivity contribution is 0.132. The zero-order valence-electron chi connectivity index (χ0n) is 18.7. The average molecular weight is 475 g/mol. The summed E-state index contributed by atoms with van der Waals surface area (Å²) >= 11 is 0. The molecule has 1 saturated heterocycles. The fourth-order valence-corrected chi connectivity index (χ4v) is 4.34. The number of aromatic nitrogens is 2. The second-order valence-electron chi connectivity index (χ2n) is 8.34. The van der Waals surface area contributed by atoms with E-state index in [4.69, 9.17) is 0 Å². The molecule has 35 heavy (non-hydrogen) atoms. The van der Waals surface area contributed by atoms with Crippen LogP contribution in [0.4, 0.5) is 25.1 Å². The van der Waals surface area contributed by atoms with Crippen LogP contribution < -0.4 is 10.2 Å². The lowest BCUT2D eigenvalue weighted by Crippen LogP contribution is -2.58. The topological polar surface area (TPSA) is 81.6 Å². The molecule has 178 valence electrons. The predicted octanol–water partition coefficient (Wildman–Crippen LogP) is 4.29. The number of anilines is 2. The average Bonchev–Trinajstić information content (AvgIpc) is 2.89. The summed E-state index contributed by atoms with van der Waals surface area (Å²) < 4.78 is 26.6. The van der Waals surface area contributed by atoms with Crippen molar-refractivity contribution in [1.82, 2.24) is 15.1 Å². The number of hydrogen-bond donors (Lipinski definition) is 2. The van der Waals surface area contributed by atoms with Crippen molar-refractivity contribution in [2.75, 3.05) is 36.5 Å². The van der Waals surface area contributed by atoms with E-state index >= 15 is 0 Å². The first-order chi connectivity index (χ1) is 17.0. The molecule has 9 heteroatoms. The molecule has 3 aromatic carbocycles. The number of urea groups is 1. The molecule has 0 spiro atoms. The Hall–Kier alpha value is -4.11. The molecular formula is C26H23F2N5O2. The van der Waals surface area contributed by atoms with Gasteiger partial charge in [-0.1, -0.05) is 24.3 Å². The predicted molar refractivity (Wildman–Crippen MR) is 130 cm³/mol. The zero-order valence-corrected chi connectivity index (χ0v) is 18.7. The van der Waals surface area contributed by atoms with E-state index in [2.05, 4.69) is 15.5 Å². The smallest absolute Gasteiger partial charge is 0.322 e. The minimum atomic E-state index is -0.471. The highest BCUT2D eigenvalue weighted by Gasteiger charge is 2.31. The van der Waals surface area contributed by atoms with Gasteiger partial charge in [0.05, 0.1) is 12.6 Å². The van der Waals surface area contributed by atoms with Gasteiger partial charge in [0.2, 0.25) is 0 Å². The minimum absolute atomic E-state index is 0.230. The van der Waals surface area contributed by atoms with Gasteiger partial charge < -0.3 is 20.2 Å². The fraction of sp³-hybridized carbons (Fsp3) is 0.192. The van der Waals surface area contributed by atoms with Gasteiger partial charge in [-0.3, -0.25) is 0 Å². The molecule has 2 amide bonds. The van der Waals surface area contributed by atoms with Gasteiger partial charge in [-0.2, -0.15) is 0 Å². The number of piperazine rings is 1. The van der Waals surface area contributed by atoms with Crippen LogP contribution in [0.25, 0.3) is 22.0 Å². The lowest BCUT2D eigenvalue weighted by Gasteiger charge is -2.41. The number of aliphatic hydroxyl groups excluding tert-OH is 1. The molecule has 7 nitrogen and oxygen atoms in total. The van der Waals surface area contributed by atoms with Crippen molar-refractivity contribution in [3.05, 3.63) is 84.4 Å². The normalized spacial score (nSPS) is 15.9. The first-order valence-corrected chi connectivity index (χ1v) is 11.2. The van der Waals surface area contributed by atoms with Crippen LogP contribution in [0.2, 0.25) is 0 Å². The molecule has 1 unspecified atom stereocenters. The van der Waals surface area contributed by atoms with Gasteiger partial charge >= 0.3 is 6.03 Å². The zero-order chi connectivity index (χ0) is 24.4. The van der Waals surface area contributed by atoms with Gasteiger partial charge in [0.15, 0.2) is 5.82 Å². The maximum atomic E-state index is 13.4. The summed E-state index contributed by atoms with van der Waals surface area (Å²) in [5, 5.41) is 23.5. The third-order valence-electron chi connectivity index (χ3n) is 6.13. The number of hydrogen-bond acceptors (Lipinski definition) is 5. The van der Waals surface area contributed by atoms with Crippen LogP contribution in [0, 0.1) is 11.6 Å². The second-order valence-corrected chi connectivity index (χ2v) is 8.34. The Labute approximate surface area is 200 Å². The van der Waals surface area contributed by atoms with Crippen LogP contribution in [-0.4, -0.2) is 58.5 Å². The Balaban J connectivity index is 1.39. The summed E-state index contributed by atoms with van der Waals surface area (Å²) in [6.45, 7) is 0.976. The van der Waals surface area contributed by atoms with Crippen molar-refractivity contribution in [3.8, 4) is 11.3 Å². The molecule has 0 bridgehead atoms. The SMILES string of the molecule is O=C(Nc1ccc(F)cc1)N1CCN(c2nnc(-c3ccc(F)cc3)c3ccccc23)CC1CO. The number of nitrogens with zero attached hydrogens (tertiary/aromatic N) is 4. The number of nitrogens with one attached hydrogen (secondary N) is 1. The number of benzene rings is 3. The highest BCUT2D eigenvalue weighted by molar-refractivity contribution is 6.00. The Morgan fingerprint density at radius 3 is 2.26 bits per heavy atom. The number of carbonyl (C=O) groups excluding carboxylic acids is 1. The van der Waals surface area contributed by atoms with Gasteiger partial charge in [0, 0.05) is 41.7 Å². The first kappa shape index (κ1) is 22.7. The van der Waals surface area contributed by atoms with E-state index in [-0.39, 0.29) is 24.3 Å². The van der Waals surface area contributed by atoms with Crippen LogP contribution >= 0.6 is 0 Å². The summed E-state index contributed by atoms with van der Waals surface area (Å²) in [6.07, 6.45) is 0. The minimum Gasteiger partial charge on any atom is -0.394 e. The van der Waals surface area contributed by atoms with Crippen LogP contribution in [0.1, 0.15) is 0 Å². The summed E-state index contributed by atoms with van der Waals surface area (Å²) in [6, 6.07) is 18.5. The van der Waals surface area contributed by atoms with E-state index in [9.17, 15) is 18.7 Å². The maximum Gasteiger partial charge on any atom is 0.322 e. The number of aliphatic hydroxyl groups is 1. The van der Waals surface area contributed by atoms with Gasteiger partial charge in [-0.05, 0) is 48.5 Å². The summed E-state index contributed by atoms with van der Waals surface area (Å²) in [5.74, 6) is -0.0499. The molecule has 0 radical (unpaired) electrons. The van der Waals surface area contributed by atoms with Crippen LogP contribution in [-0.2, 0) is 0 Å². The van der Waals surface area contributed by atoms with Crippen molar-refractivity contribution in [3.63, 3.8) is 0 Å². The third-order valence-corrected chi connectivity index (χ3v) is 6.13. The standard InChI is InChI=1S/C26H23F2N5O2/c27-18-7-5-17(6-8-18)24-22-3-1-2-4-23(22)25(31-30-24)32-13-14-33(21(15-32)16-34)26(35)29-20-11-9-19(28)10-12-20/h1-12,21,34H,13-16H2,(H,29,35). The Morgan fingerprint density at radius 1 is 0.914 bits per heavy atom. The highest BCUT2D eigenvalue weighted by atomic mass is 19.1. The monoisotopic (exact) mass is 475 g/mol. The second kappa shape index (κ2) is 9.63. The summed E-state index contributed by atoms with van der Waals surface area (Å²) in [4.78, 5) is 16.4. The number of amides is 2. The molecule has 4 aromatic rings. The molecule has 1 aliphatic heterocycles. The van der Waals surface area contributed by atoms with E-state index in [0.717, 1.165) is 16.3 Å². The molecular weight excluding hydrogens is 452 g/mol. The maximum absolute atomic E-state index is 13.4. The van der Waals surface area contributed by atoms with E-state index in [1.807, 2.05) is 29.2 Å². The number of fused-ring (bicyclic) bond motifs is 1. The first-order valence-electron chi connectivity index (χ1n) is 11.2. The van der Waals surface area contributed by atoms with E-state index < -0.39 is 6.04 Å². The molecule has 0 aliphatic carbocycles. The molecule has 1 atom stereocenters. The van der Waals surface area contributed by atoms with Crippen LogP contribution in [0.15, 0.2) is 72.8 Å². The van der Waals surface area contributed by atoms with E-state index in [1.165, 1.54) is 36.4 Å². The largest absolute Gasteiger partial charge is 0.394 e. The Morgan fingerprint density at radius 2 is 1.57 bits per heavy atom. The van der Waals surface area contributed by atoms with Crippen molar-refractivity contribution >= 4 is 28.3 Å².